The van der Waals surface area contributed by atoms with Crippen LogP contribution in [-0.2, 0) is 0 Å². The second-order valence-corrected chi connectivity index (χ2v) is 8.64. The largest absolute Gasteiger partial charge is 0.365 e. The molecule has 2 heterocycles. The molecule has 2 unspecified atom stereocenters. The van der Waals surface area contributed by atoms with Gasteiger partial charge in [-0.2, -0.15) is 0 Å². The van der Waals surface area contributed by atoms with Crippen LogP contribution in [0.25, 0.3) is 10.2 Å². The number of hydrogen-bond acceptors (Lipinski definition) is 7. The number of halogens is 3. The second-order valence-electron chi connectivity index (χ2n) is 7.78. The molecule has 2 atom stereocenters. The van der Waals surface area contributed by atoms with Crippen molar-refractivity contribution in [2.45, 2.75) is 37.3 Å². The molecule has 1 aromatic carbocycles. The maximum absolute atomic E-state index is 15.0. The molecule has 1 aliphatic rings. The quantitative estimate of drug-likeness (QED) is 0.512. The van der Waals surface area contributed by atoms with E-state index in [0.717, 1.165) is 16.3 Å². The SMILES string of the molecule is CNC1C(N(C)c2nc(Nc3cccc4ncsc34)c(C(N)=O)cc2F)CCCC1(F)F. The minimum absolute atomic E-state index is 0.0465. The number of aromatic nitrogens is 2. The number of pyridine rings is 1. The number of carbonyl (C=O) groups is 1. The molecule has 3 aromatic rings. The molecule has 0 spiro atoms. The van der Waals surface area contributed by atoms with Gasteiger partial charge in [0, 0.05) is 13.5 Å². The molecule has 4 N–H and O–H groups in total. The molecule has 2 aromatic heterocycles. The number of anilines is 3. The van der Waals surface area contributed by atoms with Gasteiger partial charge in [-0.25, -0.2) is 23.1 Å². The van der Waals surface area contributed by atoms with E-state index in [-0.39, 0.29) is 23.6 Å². The van der Waals surface area contributed by atoms with Crippen LogP contribution in [0.1, 0.15) is 29.6 Å². The summed E-state index contributed by atoms with van der Waals surface area (Å²) in [6.45, 7) is 0. The van der Waals surface area contributed by atoms with Crippen LogP contribution >= 0.6 is 11.3 Å². The van der Waals surface area contributed by atoms with E-state index >= 15 is 4.39 Å². The summed E-state index contributed by atoms with van der Waals surface area (Å²) in [5.74, 6) is -4.70. The van der Waals surface area contributed by atoms with Crippen LogP contribution in [0.15, 0.2) is 29.8 Å². The van der Waals surface area contributed by atoms with E-state index in [2.05, 4.69) is 20.6 Å². The van der Waals surface area contributed by atoms with Gasteiger partial charge in [0.05, 0.1) is 39.1 Å². The Balaban J connectivity index is 1.75. The summed E-state index contributed by atoms with van der Waals surface area (Å²) in [5, 5.41) is 5.73. The van der Waals surface area contributed by atoms with Crippen LogP contribution in [0.3, 0.4) is 0 Å². The molecular formula is C21H23F3N6OS. The van der Waals surface area contributed by atoms with E-state index < -0.39 is 29.7 Å². The fraction of sp³-hybridized carbons (Fsp3) is 0.381. The molecule has 1 amide bonds. The van der Waals surface area contributed by atoms with Crippen molar-refractivity contribution in [2.24, 2.45) is 5.73 Å². The van der Waals surface area contributed by atoms with Crippen molar-refractivity contribution in [3.8, 4) is 0 Å². The Bertz CT molecular complexity index is 1150. The lowest BCUT2D eigenvalue weighted by atomic mass is 9.86. The van der Waals surface area contributed by atoms with Gasteiger partial charge in [-0.15, -0.1) is 11.3 Å². The van der Waals surface area contributed by atoms with E-state index in [0.29, 0.717) is 18.5 Å². The van der Waals surface area contributed by atoms with Crippen molar-refractivity contribution in [2.75, 3.05) is 24.3 Å². The minimum Gasteiger partial charge on any atom is -0.365 e. The van der Waals surface area contributed by atoms with Crippen LogP contribution < -0.4 is 21.3 Å². The maximum Gasteiger partial charge on any atom is 0.265 e. The molecule has 32 heavy (non-hydrogen) atoms. The van der Waals surface area contributed by atoms with E-state index in [1.807, 2.05) is 6.07 Å². The fourth-order valence-corrected chi connectivity index (χ4v) is 5.01. The first-order valence-corrected chi connectivity index (χ1v) is 11.0. The zero-order valence-corrected chi connectivity index (χ0v) is 18.3. The molecule has 7 nitrogen and oxygen atoms in total. The standard InChI is InChI=1S/C21H23F3N6OS/c1-26-17-15(7-4-8-21(17,23)24)30(2)20-12(22)9-11(18(25)31)19(29-20)28-14-6-3-5-13-16(14)32-10-27-13/h3,5-6,9-10,15,17,26H,4,7-8H2,1-2H3,(H2,25,31)(H,28,29). The number of nitrogens with one attached hydrogen (secondary N) is 2. The third-order valence-corrected chi connectivity index (χ3v) is 6.70. The normalized spacial score (nSPS) is 20.3. The molecule has 170 valence electrons. The van der Waals surface area contributed by atoms with Gasteiger partial charge in [0.25, 0.3) is 11.8 Å². The highest BCUT2D eigenvalue weighted by Gasteiger charge is 2.48. The van der Waals surface area contributed by atoms with Crippen LogP contribution in [-0.4, -0.2) is 48.0 Å². The van der Waals surface area contributed by atoms with E-state index in [1.165, 1.54) is 30.3 Å². The Morgan fingerprint density at radius 2 is 2.16 bits per heavy atom. The van der Waals surface area contributed by atoms with Crippen molar-refractivity contribution in [3.05, 3.63) is 41.2 Å². The molecule has 4 rings (SSSR count). The average Bonchev–Trinajstić information content (AvgIpc) is 3.23. The van der Waals surface area contributed by atoms with Gasteiger partial charge >= 0.3 is 0 Å². The number of nitrogens with two attached hydrogens (primary N) is 1. The Morgan fingerprint density at radius 3 is 2.88 bits per heavy atom. The third kappa shape index (κ3) is 3.97. The number of rotatable bonds is 6. The van der Waals surface area contributed by atoms with Gasteiger partial charge in [0.15, 0.2) is 11.6 Å². The minimum atomic E-state index is -2.93. The smallest absolute Gasteiger partial charge is 0.265 e. The third-order valence-electron chi connectivity index (χ3n) is 5.82. The van der Waals surface area contributed by atoms with Gasteiger partial charge in [0.1, 0.15) is 5.82 Å². The van der Waals surface area contributed by atoms with Crippen molar-refractivity contribution in [1.82, 2.24) is 15.3 Å². The van der Waals surface area contributed by atoms with Crippen LogP contribution in [0.2, 0.25) is 0 Å². The van der Waals surface area contributed by atoms with Crippen molar-refractivity contribution in [1.29, 1.82) is 0 Å². The van der Waals surface area contributed by atoms with Gasteiger partial charge in [-0.3, -0.25) is 4.79 Å². The number of fused-ring (bicyclic) bond motifs is 1. The molecule has 11 heteroatoms. The molecule has 0 bridgehead atoms. The number of amides is 1. The highest BCUT2D eigenvalue weighted by Crippen LogP contribution is 2.38. The predicted molar refractivity (Wildman–Crippen MR) is 119 cm³/mol. The zero-order valence-electron chi connectivity index (χ0n) is 17.5. The highest BCUT2D eigenvalue weighted by molar-refractivity contribution is 7.17. The zero-order chi connectivity index (χ0) is 23.0. The fourth-order valence-electron chi connectivity index (χ4n) is 4.25. The first-order chi connectivity index (χ1) is 15.2. The summed E-state index contributed by atoms with van der Waals surface area (Å²) in [4.78, 5) is 22.0. The number of benzene rings is 1. The molecule has 0 saturated heterocycles. The topological polar surface area (TPSA) is 96.2 Å². The van der Waals surface area contributed by atoms with Crippen LogP contribution in [0, 0.1) is 5.82 Å². The first-order valence-electron chi connectivity index (χ1n) is 10.1. The molecule has 1 aliphatic carbocycles. The maximum atomic E-state index is 15.0. The molecule has 1 saturated carbocycles. The number of hydrogen-bond donors (Lipinski definition) is 3. The van der Waals surface area contributed by atoms with Crippen LogP contribution in [0.5, 0.6) is 0 Å². The van der Waals surface area contributed by atoms with Crippen molar-refractivity contribution in [3.63, 3.8) is 0 Å². The van der Waals surface area contributed by atoms with Gasteiger partial charge < -0.3 is 21.3 Å². The molecule has 1 fully saturated rings. The lowest BCUT2D eigenvalue weighted by Crippen LogP contribution is -2.59. The van der Waals surface area contributed by atoms with Crippen molar-refractivity contribution < 1.29 is 18.0 Å². The Labute approximate surface area is 186 Å². The summed E-state index contributed by atoms with van der Waals surface area (Å²) in [6, 6.07) is 4.53. The van der Waals surface area contributed by atoms with Crippen molar-refractivity contribution >= 4 is 44.8 Å². The Kier molecular flexibility index (Phi) is 5.95. The summed E-state index contributed by atoms with van der Waals surface area (Å²) in [5.41, 5.74) is 8.38. The summed E-state index contributed by atoms with van der Waals surface area (Å²) < 4.78 is 44.8. The predicted octanol–water partition coefficient (Wildman–Crippen LogP) is 3.88. The molecule has 0 aliphatic heterocycles. The number of likely N-dealkylation sites (N-methyl/N-ethyl adjacent to an activating group) is 2. The first kappa shape index (κ1) is 22.3. The number of thiazole rings is 1. The number of nitrogens with zero attached hydrogens (tertiary/aromatic N) is 3. The molecular weight excluding hydrogens is 441 g/mol. The number of primary amides is 1. The van der Waals surface area contributed by atoms with Gasteiger partial charge in [0.2, 0.25) is 0 Å². The average molecular weight is 465 g/mol. The summed E-state index contributed by atoms with van der Waals surface area (Å²) in [6.07, 6.45) is 0.518. The number of carbonyl (C=O) groups excluding carboxylic acids is 1. The van der Waals surface area contributed by atoms with Gasteiger partial charge in [-0.1, -0.05) is 6.07 Å². The monoisotopic (exact) mass is 464 g/mol. The lowest BCUT2D eigenvalue weighted by molar-refractivity contribution is -0.0685. The highest BCUT2D eigenvalue weighted by atomic mass is 32.1. The Morgan fingerprint density at radius 1 is 1.38 bits per heavy atom. The van der Waals surface area contributed by atoms with E-state index in [9.17, 15) is 13.6 Å². The summed E-state index contributed by atoms with van der Waals surface area (Å²) >= 11 is 1.39. The summed E-state index contributed by atoms with van der Waals surface area (Å²) in [7, 11) is 2.99. The van der Waals surface area contributed by atoms with Crippen LogP contribution in [0.4, 0.5) is 30.5 Å². The second kappa shape index (κ2) is 8.55. The number of alkyl halides is 2. The van der Waals surface area contributed by atoms with E-state index in [4.69, 9.17) is 5.73 Å². The lowest BCUT2D eigenvalue weighted by Gasteiger charge is -2.42. The molecule has 0 radical (unpaired) electrons. The van der Waals surface area contributed by atoms with Gasteiger partial charge in [-0.05, 0) is 38.1 Å². The van der Waals surface area contributed by atoms with E-state index in [1.54, 1.807) is 17.6 Å². The Hall–Kier alpha value is -2.92.